The Morgan fingerprint density at radius 1 is 1.11 bits per heavy atom. The van der Waals surface area contributed by atoms with E-state index in [4.69, 9.17) is 9.15 Å². The van der Waals surface area contributed by atoms with E-state index in [1.807, 2.05) is 52.0 Å². The highest BCUT2D eigenvalue weighted by molar-refractivity contribution is 5.92. The average molecular weight is 365 g/mol. The number of benzene rings is 2. The molecule has 5 nitrogen and oxygen atoms in total. The van der Waals surface area contributed by atoms with Gasteiger partial charge in [0.25, 0.3) is 5.91 Å². The van der Waals surface area contributed by atoms with Crippen LogP contribution in [0.5, 0.6) is 5.75 Å². The van der Waals surface area contributed by atoms with Gasteiger partial charge in [0.2, 0.25) is 0 Å². The first-order chi connectivity index (χ1) is 12.9. The molecule has 0 saturated heterocycles. The molecule has 1 amide bonds. The topological polar surface area (TPSA) is 68.5 Å². The molecule has 140 valence electrons. The van der Waals surface area contributed by atoms with Crippen LogP contribution < -0.4 is 15.7 Å². The number of anilines is 1. The zero-order valence-corrected chi connectivity index (χ0v) is 16.0. The normalized spacial score (nSPS) is 10.8. The molecule has 0 unspecified atom stereocenters. The highest BCUT2D eigenvalue weighted by Gasteiger charge is 2.11. The van der Waals surface area contributed by atoms with E-state index in [-0.39, 0.29) is 18.1 Å². The minimum Gasteiger partial charge on any atom is -0.484 e. The lowest BCUT2D eigenvalue weighted by atomic mass is 10.0. The van der Waals surface area contributed by atoms with E-state index in [1.165, 1.54) is 0 Å². The van der Waals surface area contributed by atoms with Crippen LogP contribution in [0.4, 0.5) is 5.69 Å². The van der Waals surface area contributed by atoms with Gasteiger partial charge in [-0.05, 0) is 62.1 Å². The van der Waals surface area contributed by atoms with E-state index in [0.29, 0.717) is 23.3 Å². The molecular formula is C22H23NO4. The van der Waals surface area contributed by atoms with Crippen molar-refractivity contribution >= 4 is 22.6 Å². The van der Waals surface area contributed by atoms with Gasteiger partial charge < -0.3 is 14.5 Å². The Kier molecular flexibility index (Phi) is 5.31. The maximum absolute atomic E-state index is 12.2. The van der Waals surface area contributed by atoms with Crippen molar-refractivity contribution in [2.24, 2.45) is 0 Å². The second-order valence-corrected chi connectivity index (χ2v) is 6.66. The van der Waals surface area contributed by atoms with Crippen LogP contribution in [0.15, 0.2) is 45.6 Å². The third-order valence-corrected chi connectivity index (χ3v) is 4.65. The Labute approximate surface area is 158 Å². The van der Waals surface area contributed by atoms with Crippen molar-refractivity contribution in [3.8, 4) is 5.75 Å². The highest BCUT2D eigenvalue weighted by atomic mass is 16.5. The Balaban J connectivity index is 1.74. The fraction of sp³-hybridized carbons (Fsp3) is 0.273. The molecule has 3 aromatic rings. The summed E-state index contributed by atoms with van der Waals surface area (Å²) in [4.78, 5) is 24.2. The van der Waals surface area contributed by atoms with Crippen molar-refractivity contribution in [2.75, 3.05) is 11.9 Å². The molecule has 0 aliphatic heterocycles. The molecule has 0 radical (unpaired) electrons. The van der Waals surface area contributed by atoms with Crippen molar-refractivity contribution in [2.45, 2.75) is 34.1 Å². The molecule has 5 heteroatoms. The van der Waals surface area contributed by atoms with Crippen LogP contribution in [-0.2, 0) is 11.2 Å². The molecule has 3 rings (SSSR count). The summed E-state index contributed by atoms with van der Waals surface area (Å²) in [7, 11) is 0. The SMILES string of the molecule is CCc1c(C)c2ccc(OCC(=O)Nc3cc(C)ccc3C)cc2oc1=O. The molecule has 1 N–H and O–H groups in total. The number of amides is 1. The molecule has 0 bridgehead atoms. The number of hydrogen-bond donors (Lipinski definition) is 1. The van der Waals surface area contributed by atoms with Gasteiger partial charge >= 0.3 is 5.63 Å². The van der Waals surface area contributed by atoms with Crippen LogP contribution in [0.25, 0.3) is 11.0 Å². The van der Waals surface area contributed by atoms with E-state index in [0.717, 1.165) is 27.8 Å². The Morgan fingerprint density at radius 2 is 1.89 bits per heavy atom. The Hall–Kier alpha value is -3.08. The smallest absolute Gasteiger partial charge is 0.339 e. The monoisotopic (exact) mass is 365 g/mol. The Morgan fingerprint density at radius 3 is 2.63 bits per heavy atom. The number of aryl methyl sites for hydroxylation is 3. The number of carbonyl (C=O) groups excluding carboxylic acids is 1. The number of fused-ring (bicyclic) bond motifs is 1. The zero-order valence-electron chi connectivity index (χ0n) is 16.0. The summed E-state index contributed by atoms with van der Waals surface area (Å²) in [5.74, 6) is 0.230. The predicted molar refractivity (Wildman–Crippen MR) is 107 cm³/mol. The fourth-order valence-corrected chi connectivity index (χ4v) is 3.08. The molecule has 0 fully saturated rings. The minimum atomic E-state index is -0.327. The van der Waals surface area contributed by atoms with Gasteiger partial charge in [0.05, 0.1) is 0 Å². The van der Waals surface area contributed by atoms with Crippen LogP contribution >= 0.6 is 0 Å². The first-order valence-corrected chi connectivity index (χ1v) is 8.95. The number of hydrogen-bond acceptors (Lipinski definition) is 4. The number of nitrogens with one attached hydrogen (secondary N) is 1. The van der Waals surface area contributed by atoms with E-state index in [9.17, 15) is 9.59 Å². The third-order valence-electron chi connectivity index (χ3n) is 4.65. The van der Waals surface area contributed by atoms with E-state index >= 15 is 0 Å². The molecule has 1 heterocycles. The first-order valence-electron chi connectivity index (χ1n) is 8.95. The minimum absolute atomic E-state index is 0.130. The van der Waals surface area contributed by atoms with Gasteiger partial charge in [-0.3, -0.25) is 4.79 Å². The maximum atomic E-state index is 12.2. The molecule has 27 heavy (non-hydrogen) atoms. The zero-order chi connectivity index (χ0) is 19.6. The molecule has 0 spiro atoms. The molecular weight excluding hydrogens is 342 g/mol. The largest absolute Gasteiger partial charge is 0.484 e. The van der Waals surface area contributed by atoms with Crippen LogP contribution in [-0.4, -0.2) is 12.5 Å². The number of rotatable bonds is 5. The molecule has 1 aromatic heterocycles. The summed E-state index contributed by atoms with van der Waals surface area (Å²) in [5, 5.41) is 3.73. The highest BCUT2D eigenvalue weighted by Crippen LogP contribution is 2.24. The predicted octanol–water partition coefficient (Wildman–Crippen LogP) is 4.30. The summed E-state index contributed by atoms with van der Waals surface area (Å²) in [6.45, 7) is 7.62. The number of carbonyl (C=O) groups is 1. The molecule has 0 aliphatic rings. The van der Waals surface area contributed by atoms with Gasteiger partial charge in [-0.15, -0.1) is 0 Å². The maximum Gasteiger partial charge on any atom is 0.339 e. The third kappa shape index (κ3) is 4.03. The van der Waals surface area contributed by atoms with Crippen LogP contribution in [0.3, 0.4) is 0 Å². The first kappa shape index (κ1) is 18.7. The van der Waals surface area contributed by atoms with Crippen molar-refractivity contribution in [1.29, 1.82) is 0 Å². The summed E-state index contributed by atoms with van der Waals surface area (Å²) in [6, 6.07) is 11.2. The second kappa shape index (κ2) is 7.66. The van der Waals surface area contributed by atoms with Crippen molar-refractivity contribution in [3.05, 3.63) is 69.1 Å². The summed E-state index contributed by atoms with van der Waals surface area (Å²) < 4.78 is 11.0. The molecule has 0 atom stereocenters. The lowest BCUT2D eigenvalue weighted by Crippen LogP contribution is -2.20. The van der Waals surface area contributed by atoms with Crippen molar-refractivity contribution < 1.29 is 13.9 Å². The van der Waals surface area contributed by atoms with Gasteiger partial charge in [0.15, 0.2) is 6.61 Å². The summed E-state index contributed by atoms with van der Waals surface area (Å²) in [5.41, 5.74) is 4.57. The van der Waals surface area contributed by atoms with E-state index in [2.05, 4.69) is 5.32 Å². The lowest BCUT2D eigenvalue weighted by Gasteiger charge is -2.11. The average Bonchev–Trinajstić information content (AvgIpc) is 2.63. The van der Waals surface area contributed by atoms with Crippen LogP contribution in [0, 0.1) is 20.8 Å². The van der Waals surface area contributed by atoms with E-state index < -0.39 is 0 Å². The van der Waals surface area contributed by atoms with Gasteiger partial charge in [-0.2, -0.15) is 0 Å². The Bertz CT molecular complexity index is 1070. The summed E-state index contributed by atoms with van der Waals surface area (Å²) >= 11 is 0. The lowest BCUT2D eigenvalue weighted by molar-refractivity contribution is -0.118. The van der Waals surface area contributed by atoms with Gasteiger partial charge in [0, 0.05) is 22.7 Å². The van der Waals surface area contributed by atoms with Crippen LogP contribution in [0.2, 0.25) is 0 Å². The van der Waals surface area contributed by atoms with Crippen LogP contribution in [0.1, 0.15) is 29.2 Å². The quantitative estimate of drug-likeness (QED) is 0.685. The molecule has 2 aromatic carbocycles. The van der Waals surface area contributed by atoms with Gasteiger partial charge in [0.1, 0.15) is 11.3 Å². The van der Waals surface area contributed by atoms with E-state index in [1.54, 1.807) is 12.1 Å². The standard InChI is InChI=1S/C22H23NO4/c1-5-17-15(4)18-9-8-16(11-20(18)27-22(17)25)26-12-21(24)23-19-10-13(2)6-7-14(19)3/h6-11H,5,12H2,1-4H3,(H,23,24). The molecule has 0 aliphatic carbocycles. The molecule has 0 saturated carbocycles. The van der Waals surface area contributed by atoms with Crippen molar-refractivity contribution in [1.82, 2.24) is 0 Å². The van der Waals surface area contributed by atoms with Gasteiger partial charge in [-0.1, -0.05) is 19.1 Å². The number of ether oxygens (including phenoxy) is 1. The van der Waals surface area contributed by atoms with Crippen molar-refractivity contribution in [3.63, 3.8) is 0 Å². The summed E-state index contributed by atoms with van der Waals surface area (Å²) in [6.07, 6.45) is 0.626. The second-order valence-electron chi connectivity index (χ2n) is 6.66. The fourth-order valence-electron chi connectivity index (χ4n) is 3.08. The van der Waals surface area contributed by atoms with Gasteiger partial charge in [-0.25, -0.2) is 4.79 Å².